The number of alkyl halides is 3. The number of nitrogens with zero attached hydrogens (tertiary/aromatic N) is 1. The molecule has 5 aliphatic rings. The lowest BCUT2D eigenvalue weighted by Gasteiger charge is -2.27. The van der Waals surface area contributed by atoms with Gasteiger partial charge in [-0.2, -0.15) is 13.2 Å². The van der Waals surface area contributed by atoms with E-state index in [0.717, 1.165) is 22.9 Å². The molecule has 0 radical (unpaired) electrons. The van der Waals surface area contributed by atoms with Crippen LogP contribution in [0.4, 0.5) is 18.9 Å². The molecule has 2 aromatic rings. The molecular weight excluding hydrogens is 499 g/mol. The number of hydrogen-bond donors (Lipinski definition) is 0. The molecule has 0 N–H and O–H groups in total. The van der Waals surface area contributed by atoms with Crippen LogP contribution in [-0.4, -0.2) is 38.1 Å². The zero-order valence-electron chi connectivity index (χ0n) is 20.5. The fourth-order valence-corrected chi connectivity index (χ4v) is 6.23. The molecule has 3 unspecified atom stereocenters. The van der Waals surface area contributed by atoms with E-state index in [2.05, 4.69) is 0 Å². The van der Waals surface area contributed by atoms with Crippen molar-refractivity contribution in [3.63, 3.8) is 0 Å². The molecular formula is C29H24F3NO5. The van der Waals surface area contributed by atoms with Gasteiger partial charge in [0, 0.05) is 29.3 Å². The van der Waals surface area contributed by atoms with E-state index in [-0.39, 0.29) is 43.1 Å². The number of amides is 1. The number of allylic oxidation sites excluding steroid dienone is 4. The Morgan fingerprint density at radius 1 is 1.03 bits per heavy atom. The first-order valence-corrected chi connectivity index (χ1v) is 12.6. The third-order valence-electron chi connectivity index (χ3n) is 8.02. The summed E-state index contributed by atoms with van der Waals surface area (Å²) in [6.45, 7) is 2.22. The number of benzene rings is 2. The first kappa shape index (κ1) is 23.3. The fraction of sp³-hybridized carbons (Fsp3) is 0.345. The molecule has 6 nitrogen and oxygen atoms in total. The quantitative estimate of drug-likeness (QED) is 0.527. The van der Waals surface area contributed by atoms with E-state index < -0.39 is 23.3 Å². The summed E-state index contributed by atoms with van der Waals surface area (Å²) in [5, 5.41) is 0. The van der Waals surface area contributed by atoms with Gasteiger partial charge in [-0.05, 0) is 36.1 Å². The predicted molar refractivity (Wildman–Crippen MR) is 131 cm³/mol. The third-order valence-corrected chi connectivity index (χ3v) is 8.02. The number of carbonyl (C=O) groups is 1. The summed E-state index contributed by atoms with van der Waals surface area (Å²) in [6, 6.07) is 11.1. The lowest BCUT2D eigenvalue weighted by atomic mass is 9.77. The van der Waals surface area contributed by atoms with Crippen LogP contribution >= 0.6 is 0 Å². The van der Waals surface area contributed by atoms with Gasteiger partial charge in [0.05, 0.1) is 12.1 Å². The van der Waals surface area contributed by atoms with Crippen molar-refractivity contribution < 1.29 is 36.9 Å². The molecule has 1 amide bonds. The van der Waals surface area contributed by atoms with Crippen molar-refractivity contribution in [2.75, 3.05) is 24.8 Å². The Hall–Kier alpha value is -3.88. The monoisotopic (exact) mass is 523 g/mol. The summed E-state index contributed by atoms with van der Waals surface area (Å²) in [4.78, 5) is 15.9. The van der Waals surface area contributed by atoms with Gasteiger partial charge in [-0.1, -0.05) is 37.3 Å². The molecule has 7 rings (SSSR count). The average Bonchev–Trinajstić information content (AvgIpc) is 3.66. The Kier molecular flexibility index (Phi) is 4.93. The van der Waals surface area contributed by atoms with Crippen molar-refractivity contribution in [3.8, 4) is 17.2 Å². The van der Waals surface area contributed by atoms with E-state index in [1.807, 2.05) is 30.3 Å². The average molecular weight is 524 g/mol. The molecule has 1 spiro atoms. The maximum atomic E-state index is 14.2. The van der Waals surface area contributed by atoms with Crippen LogP contribution in [0.15, 0.2) is 71.5 Å². The number of ether oxygens (including phenoxy) is 4. The molecule has 0 saturated carbocycles. The highest BCUT2D eigenvalue weighted by Crippen LogP contribution is 2.55. The normalized spacial score (nSPS) is 27.0. The zero-order chi connectivity index (χ0) is 26.2. The predicted octanol–water partition coefficient (Wildman–Crippen LogP) is 5.57. The standard InChI is InChI=1S/C29H24F3NO5/c1-16-5-4-7-19(29(30,31)32)26(16)22-10-9-17(38-22)13-33-21-8-3-2-6-18(21)28(27(33)34)14-35-23-12-25-24(11-20(23)28)36-15-37-25/h2-4,6-8,10-12,16-17H,5,9,13-15H2,1H3. The van der Waals surface area contributed by atoms with E-state index in [9.17, 15) is 18.0 Å². The van der Waals surface area contributed by atoms with Gasteiger partial charge in [0.2, 0.25) is 12.7 Å². The van der Waals surface area contributed by atoms with Gasteiger partial charge in [0.1, 0.15) is 29.6 Å². The fourth-order valence-electron chi connectivity index (χ4n) is 6.23. The third kappa shape index (κ3) is 3.23. The number of rotatable bonds is 3. The molecule has 3 atom stereocenters. The Morgan fingerprint density at radius 3 is 2.63 bits per heavy atom. The Morgan fingerprint density at radius 2 is 1.82 bits per heavy atom. The summed E-state index contributed by atoms with van der Waals surface area (Å²) >= 11 is 0. The summed E-state index contributed by atoms with van der Waals surface area (Å²) < 4.78 is 64.5. The zero-order valence-corrected chi connectivity index (χ0v) is 20.5. The van der Waals surface area contributed by atoms with E-state index >= 15 is 0 Å². The van der Waals surface area contributed by atoms with Crippen molar-refractivity contribution in [1.29, 1.82) is 0 Å². The van der Waals surface area contributed by atoms with Gasteiger partial charge in [-0.3, -0.25) is 4.79 Å². The van der Waals surface area contributed by atoms with Gasteiger partial charge < -0.3 is 23.8 Å². The molecule has 0 bridgehead atoms. The highest BCUT2D eigenvalue weighted by Gasteiger charge is 2.57. The maximum Gasteiger partial charge on any atom is 0.416 e. The van der Waals surface area contributed by atoms with E-state index in [1.165, 1.54) is 0 Å². The molecule has 2 aromatic carbocycles. The Bertz CT molecular complexity index is 1460. The Labute approximate surface area is 216 Å². The minimum atomic E-state index is -4.47. The molecule has 0 saturated heterocycles. The molecule has 38 heavy (non-hydrogen) atoms. The number of para-hydroxylation sites is 1. The summed E-state index contributed by atoms with van der Waals surface area (Å²) in [5.74, 6) is 1.50. The number of carbonyl (C=O) groups excluding carboxylic acids is 1. The second-order valence-corrected chi connectivity index (χ2v) is 10.2. The van der Waals surface area contributed by atoms with Crippen LogP contribution in [0.3, 0.4) is 0 Å². The van der Waals surface area contributed by atoms with Gasteiger partial charge in [-0.15, -0.1) is 0 Å². The first-order valence-electron chi connectivity index (χ1n) is 12.6. The van der Waals surface area contributed by atoms with Crippen molar-refractivity contribution in [1.82, 2.24) is 0 Å². The summed E-state index contributed by atoms with van der Waals surface area (Å²) in [7, 11) is 0. The second-order valence-electron chi connectivity index (χ2n) is 10.2. The largest absolute Gasteiger partial charge is 0.491 e. The van der Waals surface area contributed by atoms with Crippen LogP contribution in [0.2, 0.25) is 0 Å². The van der Waals surface area contributed by atoms with Gasteiger partial charge in [0.15, 0.2) is 11.5 Å². The second kappa shape index (κ2) is 8.06. The lowest BCUT2D eigenvalue weighted by Crippen LogP contribution is -2.45. The highest BCUT2D eigenvalue weighted by molar-refractivity contribution is 6.11. The van der Waals surface area contributed by atoms with Crippen LogP contribution in [0, 0.1) is 5.92 Å². The molecule has 4 aliphatic heterocycles. The number of hydrogen-bond acceptors (Lipinski definition) is 5. The highest BCUT2D eigenvalue weighted by atomic mass is 19.4. The number of halogens is 3. The van der Waals surface area contributed by atoms with E-state index in [4.69, 9.17) is 18.9 Å². The Balaban J connectivity index is 1.20. The van der Waals surface area contributed by atoms with Crippen LogP contribution < -0.4 is 19.1 Å². The molecule has 0 aromatic heterocycles. The molecule has 9 heteroatoms. The van der Waals surface area contributed by atoms with Crippen LogP contribution in [0.5, 0.6) is 17.2 Å². The van der Waals surface area contributed by atoms with Crippen molar-refractivity contribution in [2.24, 2.45) is 5.92 Å². The minimum Gasteiger partial charge on any atom is -0.491 e. The van der Waals surface area contributed by atoms with Gasteiger partial charge >= 0.3 is 6.18 Å². The SMILES string of the molecule is CC1CC=CC(C(F)(F)F)=C1C1=CCC(CN2C(=O)C3(COc4cc5c(cc43)OCO5)c3ccccc32)O1. The van der Waals surface area contributed by atoms with Crippen LogP contribution in [0.1, 0.15) is 30.9 Å². The van der Waals surface area contributed by atoms with Crippen LogP contribution in [-0.2, 0) is 14.9 Å². The molecule has 4 heterocycles. The molecule has 0 fully saturated rings. The van der Waals surface area contributed by atoms with Gasteiger partial charge in [0.25, 0.3) is 0 Å². The van der Waals surface area contributed by atoms with E-state index in [0.29, 0.717) is 30.1 Å². The van der Waals surface area contributed by atoms with Crippen LogP contribution in [0.25, 0.3) is 0 Å². The van der Waals surface area contributed by atoms with Crippen molar-refractivity contribution >= 4 is 11.6 Å². The maximum absolute atomic E-state index is 14.2. The number of fused-ring (bicyclic) bond motifs is 5. The summed E-state index contributed by atoms with van der Waals surface area (Å²) in [6.07, 6.45) is 0.388. The van der Waals surface area contributed by atoms with E-state index in [1.54, 1.807) is 30.0 Å². The molecule has 1 aliphatic carbocycles. The van der Waals surface area contributed by atoms with Crippen molar-refractivity contribution in [3.05, 3.63) is 82.7 Å². The smallest absolute Gasteiger partial charge is 0.416 e. The first-order chi connectivity index (χ1) is 18.3. The number of anilines is 1. The molecule has 196 valence electrons. The van der Waals surface area contributed by atoms with Crippen molar-refractivity contribution in [2.45, 2.75) is 37.5 Å². The summed E-state index contributed by atoms with van der Waals surface area (Å²) in [5.41, 5.74) is 0.756. The van der Waals surface area contributed by atoms with Gasteiger partial charge in [-0.25, -0.2) is 0 Å². The topological polar surface area (TPSA) is 57.2 Å². The minimum absolute atomic E-state index is 0.108. The lowest BCUT2D eigenvalue weighted by molar-refractivity contribution is -0.122.